The monoisotopic (exact) mass is 412 g/mol. The van der Waals surface area contributed by atoms with Gasteiger partial charge in [-0.05, 0) is 41.1 Å². The lowest BCUT2D eigenvalue weighted by Crippen LogP contribution is -2.52. The Labute approximate surface area is 172 Å². The van der Waals surface area contributed by atoms with Gasteiger partial charge in [-0.3, -0.25) is 9.59 Å². The van der Waals surface area contributed by atoms with Crippen LogP contribution in [0.15, 0.2) is 54.6 Å². The van der Waals surface area contributed by atoms with Gasteiger partial charge in [-0.15, -0.1) is 0 Å². The number of aliphatic carboxylic acids is 1. The summed E-state index contributed by atoms with van der Waals surface area (Å²) < 4.78 is 27.8. The fraction of sp³-hybridized carbons (Fsp3) is 0.217. The molecule has 4 rings (SSSR count). The zero-order valence-electron chi connectivity index (χ0n) is 16.4. The number of hydrogen-bond donors (Lipinski definition) is 2. The van der Waals surface area contributed by atoms with Crippen molar-refractivity contribution in [2.24, 2.45) is 11.7 Å². The van der Waals surface area contributed by atoms with Crippen molar-refractivity contribution in [1.82, 2.24) is 4.90 Å². The Morgan fingerprint density at radius 2 is 1.70 bits per heavy atom. The number of nitrogens with two attached hydrogens (primary N) is 1. The van der Waals surface area contributed by atoms with E-state index in [-0.39, 0.29) is 11.5 Å². The first-order valence-corrected chi connectivity index (χ1v) is 9.47. The summed E-state index contributed by atoms with van der Waals surface area (Å²) >= 11 is 0. The molecule has 1 saturated heterocycles. The highest BCUT2D eigenvalue weighted by molar-refractivity contribution is 6.03. The largest absolute Gasteiger partial charge is 0.481 e. The van der Waals surface area contributed by atoms with Crippen LogP contribution in [0, 0.1) is 17.6 Å². The van der Waals surface area contributed by atoms with Gasteiger partial charge in [-0.1, -0.05) is 36.4 Å². The van der Waals surface area contributed by atoms with Crippen LogP contribution in [0.5, 0.6) is 0 Å². The Hall–Kier alpha value is -3.32. The van der Waals surface area contributed by atoms with Crippen molar-refractivity contribution in [1.29, 1.82) is 0 Å². The molecular formula is C23H22F2N2O3. The smallest absolute Gasteiger partial charge is 0.300 e. The molecule has 0 unspecified atom stereocenters. The Morgan fingerprint density at radius 1 is 1.07 bits per heavy atom. The van der Waals surface area contributed by atoms with E-state index in [1.54, 1.807) is 41.3 Å². The van der Waals surface area contributed by atoms with Crippen LogP contribution < -0.4 is 5.73 Å². The zero-order valence-corrected chi connectivity index (χ0v) is 16.4. The molecule has 3 aromatic rings. The SMILES string of the molecule is CC(=O)O.NCC1CN(C(=O)c2ccc3c(-c4cccc(F)c4F)cccc3c2)C1. The molecule has 1 aliphatic heterocycles. The lowest BCUT2D eigenvalue weighted by atomic mass is 9.95. The molecule has 156 valence electrons. The number of carbonyl (C=O) groups excluding carboxylic acids is 1. The summed E-state index contributed by atoms with van der Waals surface area (Å²) in [6.45, 7) is 3.04. The van der Waals surface area contributed by atoms with Gasteiger partial charge >= 0.3 is 0 Å². The number of benzene rings is 3. The maximum Gasteiger partial charge on any atom is 0.300 e. The Balaban J connectivity index is 0.000000589. The molecule has 1 amide bonds. The molecule has 0 aliphatic carbocycles. The molecule has 0 bridgehead atoms. The Morgan fingerprint density at radius 3 is 2.37 bits per heavy atom. The predicted molar refractivity (Wildman–Crippen MR) is 111 cm³/mol. The maximum absolute atomic E-state index is 14.2. The minimum absolute atomic E-state index is 0.0288. The molecular weight excluding hydrogens is 390 g/mol. The number of likely N-dealkylation sites (tertiary alicyclic amines) is 1. The van der Waals surface area contributed by atoms with Gasteiger partial charge in [0, 0.05) is 37.1 Å². The number of hydrogen-bond acceptors (Lipinski definition) is 3. The second-order valence-corrected chi connectivity index (χ2v) is 7.17. The van der Waals surface area contributed by atoms with E-state index in [0.29, 0.717) is 36.7 Å². The molecule has 0 aromatic heterocycles. The summed E-state index contributed by atoms with van der Waals surface area (Å²) in [5, 5.41) is 9.00. The van der Waals surface area contributed by atoms with E-state index in [1.807, 2.05) is 6.07 Å². The number of nitrogens with zero attached hydrogens (tertiary/aromatic N) is 1. The van der Waals surface area contributed by atoms with Crippen molar-refractivity contribution in [3.05, 3.63) is 71.8 Å². The van der Waals surface area contributed by atoms with Gasteiger partial charge in [-0.25, -0.2) is 8.78 Å². The third-order valence-electron chi connectivity index (χ3n) is 4.95. The minimum Gasteiger partial charge on any atom is -0.481 e. The summed E-state index contributed by atoms with van der Waals surface area (Å²) in [4.78, 5) is 23.3. The van der Waals surface area contributed by atoms with E-state index < -0.39 is 17.6 Å². The van der Waals surface area contributed by atoms with Gasteiger partial charge in [0.1, 0.15) is 0 Å². The van der Waals surface area contributed by atoms with Crippen LogP contribution >= 0.6 is 0 Å². The average Bonchev–Trinajstić information content (AvgIpc) is 2.68. The number of carboxylic acid groups (broad SMARTS) is 1. The minimum atomic E-state index is -0.876. The quantitative estimate of drug-likeness (QED) is 0.683. The first-order valence-electron chi connectivity index (χ1n) is 9.47. The van der Waals surface area contributed by atoms with Gasteiger partial charge in [0.15, 0.2) is 11.6 Å². The molecule has 30 heavy (non-hydrogen) atoms. The third kappa shape index (κ3) is 4.46. The number of halogens is 2. The van der Waals surface area contributed by atoms with Crippen LogP contribution in [0.25, 0.3) is 21.9 Å². The normalized spacial score (nSPS) is 13.4. The van der Waals surface area contributed by atoms with Crippen molar-refractivity contribution < 1.29 is 23.5 Å². The van der Waals surface area contributed by atoms with Crippen LogP contribution in [0.3, 0.4) is 0 Å². The lowest BCUT2D eigenvalue weighted by Gasteiger charge is -2.38. The molecule has 0 atom stereocenters. The number of fused-ring (bicyclic) bond motifs is 1. The Bertz CT molecular complexity index is 1090. The number of carbonyl (C=O) groups is 2. The van der Waals surface area contributed by atoms with E-state index in [9.17, 15) is 13.6 Å². The topological polar surface area (TPSA) is 83.6 Å². The van der Waals surface area contributed by atoms with Crippen LogP contribution in [0.2, 0.25) is 0 Å². The first-order chi connectivity index (χ1) is 14.3. The van der Waals surface area contributed by atoms with Gasteiger partial charge in [0.25, 0.3) is 11.9 Å². The highest BCUT2D eigenvalue weighted by Gasteiger charge is 2.30. The second kappa shape index (κ2) is 9.00. The molecule has 3 N–H and O–H groups in total. The fourth-order valence-corrected chi connectivity index (χ4v) is 3.43. The average molecular weight is 412 g/mol. The van der Waals surface area contributed by atoms with Gasteiger partial charge in [0.2, 0.25) is 0 Å². The summed E-state index contributed by atoms with van der Waals surface area (Å²) in [6, 6.07) is 14.9. The van der Waals surface area contributed by atoms with Crippen molar-refractivity contribution in [2.75, 3.05) is 19.6 Å². The third-order valence-corrected chi connectivity index (χ3v) is 4.95. The van der Waals surface area contributed by atoms with E-state index in [1.165, 1.54) is 6.07 Å². The maximum atomic E-state index is 14.2. The lowest BCUT2D eigenvalue weighted by molar-refractivity contribution is -0.134. The highest BCUT2D eigenvalue weighted by atomic mass is 19.2. The fourth-order valence-electron chi connectivity index (χ4n) is 3.43. The van der Waals surface area contributed by atoms with Crippen LogP contribution in [-0.2, 0) is 4.79 Å². The molecule has 0 saturated carbocycles. The van der Waals surface area contributed by atoms with Gasteiger partial charge in [-0.2, -0.15) is 0 Å². The standard InChI is InChI=1S/C21H18F2N2O.C2H4O2/c22-19-6-2-5-18(20(19)23)17-4-1-3-14-9-15(7-8-16(14)17)21(26)25-11-13(10-24)12-25;1-2(3)4/h1-9,13H,10-12,24H2;1H3,(H,3,4). The highest BCUT2D eigenvalue weighted by Crippen LogP contribution is 2.32. The van der Waals surface area contributed by atoms with Gasteiger partial charge in [0.05, 0.1) is 0 Å². The summed E-state index contributed by atoms with van der Waals surface area (Å²) in [5.41, 5.74) is 7.01. The number of amides is 1. The molecule has 1 heterocycles. The molecule has 1 fully saturated rings. The van der Waals surface area contributed by atoms with E-state index >= 15 is 0 Å². The number of rotatable bonds is 3. The van der Waals surface area contributed by atoms with Crippen molar-refractivity contribution in [2.45, 2.75) is 6.92 Å². The summed E-state index contributed by atoms with van der Waals surface area (Å²) in [6.07, 6.45) is 0. The number of carboxylic acids is 1. The predicted octanol–water partition coefficient (Wildman–Crippen LogP) is 3.91. The van der Waals surface area contributed by atoms with Crippen LogP contribution in [0.1, 0.15) is 17.3 Å². The first kappa shape index (κ1) is 21.4. The Kier molecular flexibility index (Phi) is 6.42. The van der Waals surface area contributed by atoms with Gasteiger partial charge < -0.3 is 15.7 Å². The van der Waals surface area contributed by atoms with E-state index in [0.717, 1.165) is 23.8 Å². The second-order valence-electron chi connectivity index (χ2n) is 7.17. The molecule has 0 radical (unpaired) electrons. The summed E-state index contributed by atoms with van der Waals surface area (Å²) in [7, 11) is 0. The van der Waals surface area contributed by atoms with Crippen molar-refractivity contribution in [3.63, 3.8) is 0 Å². The van der Waals surface area contributed by atoms with E-state index in [2.05, 4.69) is 0 Å². The molecule has 1 aliphatic rings. The summed E-state index contributed by atoms with van der Waals surface area (Å²) in [5.74, 6) is -2.23. The molecule has 0 spiro atoms. The van der Waals surface area contributed by atoms with Crippen LogP contribution in [-0.4, -0.2) is 41.5 Å². The zero-order chi connectivity index (χ0) is 21.8. The van der Waals surface area contributed by atoms with Crippen LogP contribution in [0.4, 0.5) is 8.78 Å². The molecule has 7 heteroatoms. The molecule has 3 aromatic carbocycles. The molecule has 5 nitrogen and oxygen atoms in total. The van der Waals surface area contributed by atoms with E-state index in [4.69, 9.17) is 15.6 Å². The van der Waals surface area contributed by atoms with Crippen molar-refractivity contribution >= 4 is 22.6 Å². The van der Waals surface area contributed by atoms with Crippen molar-refractivity contribution in [3.8, 4) is 11.1 Å².